The molecule has 0 aliphatic rings. The van der Waals surface area contributed by atoms with E-state index in [2.05, 4.69) is 20.6 Å². The summed E-state index contributed by atoms with van der Waals surface area (Å²) in [5.41, 5.74) is 7.86. The number of carbonyl (C=O) groups is 2. The number of nitrogens with two attached hydrogens (primary N) is 1. The highest BCUT2D eigenvalue weighted by Crippen LogP contribution is 2.19. The summed E-state index contributed by atoms with van der Waals surface area (Å²) < 4.78 is 0. The Morgan fingerprint density at radius 1 is 1.03 bits per heavy atom. The summed E-state index contributed by atoms with van der Waals surface area (Å²) in [5, 5.41) is 17.4. The fraction of sp³-hybridized carbons (Fsp3) is 0.400. The van der Waals surface area contributed by atoms with Gasteiger partial charge in [-0.25, -0.2) is 4.98 Å². The van der Waals surface area contributed by atoms with Crippen LogP contribution in [0.15, 0.2) is 55.0 Å². The molecule has 2 amide bonds. The van der Waals surface area contributed by atoms with Gasteiger partial charge in [0.1, 0.15) is 6.04 Å². The second kappa shape index (κ2) is 15.0. The number of carbonyl (C=O) groups excluding carboxylic acids is 2. The van der Waals surface area contributed by atoms with E-state index >= 15 is 0 Å². The number of nitrogens with zero attached hydrogens (tertiary/aromatic N) is 1. The van der Waals surface area contributed by atoms with Crippen LogP contribution in [0.5, 0.6) is 0 Å². The highest BCUT2D eigenvalue weighted by molar-refractivity contribution is 8.93. The number of rotatable bonds is 11. The fourth-order valence-electron chi connectivity index (χ4n) is 3.95. The summed E-state index contributed by atoms with van der Waals surface area (Å²) in [6.07, 6.45) is 4.39. The lowest BCUT2D eigenvalue weighted by Gasteiger charge is -2.24. The highest BCUT2D eigenvalue weighted by atomic mass is 79.9. The molecule has 0 spiro atoms. The van der Waals surface area contributed by atoms with Crippen molar-refractivity contribution in [1.29, 1.82) is 0 Å². The number of H-pyrrole nitrogens is 1. The highest BCUT2D eigenvalue weighted by Gasteiger charge is 2.27. The average molecular weight is 613 g/mol. The monoisotopic (exact) mass is 611 g/mol. The SMILES string of the molecule is Br.Br.CC(C)C[C@@H](CO)NC(=O)[C@H](Cc1c[nH]cn1)NC(=O)[C@H](N)Cc1cccc2ccccc12. The summed E-state index contributed by atoms with van der Waals surface area (Å²) in [6.45, 7) is 3.86. The van der Waals surface area contributed by atoms with Gasteiger partial charge >= 0.3 is 0 Å². The first-order valence-corrected chi connectivity index (χ1v) is 11.3. The maximum atomic E-state index is 13.0. The van der Waals surface area contributed by atoms with E-state index in [9.17, 15) is 14.7 Å². The number of amides is 2. The van der Waals surface area contributed by atoms with Gasteiger partial charge < -0.3 is 26.5 Å². The van der Waals surface area contributed by atoms with Crippen molar-refractivity contribution < 1.29 is 14.7 Å². The summed E-state index contributed by atoms with van der Waals surface area (Å²) in [4.78, 5) is 33.0. The Kier molecular flexibility index (Phi) is 13.2. The number of aliphatic hydroxyl groups excluding tert-OH is 1. The molecule has 35 heavy (non-hydrogen) atoms. The van der Waals surface area contributed by atoms with Crippen molar-refractivity contribution in [3.63, 3.8) is 0 Å². The zero-order valence-corrected chi connectivity index (χ0v) is 23.4. The van der Waals surface area contributed by atoms with Crippen molar-refractivity contribution in [2.45, 2.75) is 51.2 Å². The number of aromatic amines is 1. The molecule has 3 atom stereocenters. The van der Waals surface area contributed by atoms with E-state index < -0.39 is 18.0 Å². The van der Waals surface area contributed by atoms with Crippen molar-refractivity contribution in [3.05, 3.63) is 66.2 Å². The minimum Gasteiger partial charge on any atom is -0.394 e. The molecule has 10 heteroatoms. The van der Waals surface area contributed by atoms with Gasteiger partial charge in [-0.2, -0.15) is 0 Å². The topological polar surface area (TPSA) is 133 Å². The lowest BCUT2D eigenvalue weighted by molar-refractivity contribution is -0.130. The molecule has 0 saturated heterocycles. The number of nitrogens with one attached hydrogen (secondary N) is 3. The van der Waals surface area contributed by atoms with E-state index in [4.69, 9.17) is 5.73 Å². The van der Waals surface area contributed by atoms with Crippen LogP contribution < -0.4 is 16.4 Å². The van der Waals surface area contributed by atoms with E-state index in [0.29, 0.717) is 24.5 Å². The zero-order chi connectivity index (χ0) is 23.8. The predicted octanol–water partition coefficient (Wildman–Crippen LogP) is 2.84. The van der Waals surface area contributed by atoms with E-state index in [1.54, 1.807) is 6.20 Å². The summed E-state index contributed by atoms with van der Waals surface area (Å²) in [6, 6.07) is 11.8. The molecule has 0 saturated carbocycles. The van der Waals surface area contributed by atoms with Gasteiger partial charge in [-0.3, -0.25) is 9.59 Å². The third-order valence-electron chi connectivity index (χ3n) is 5.58. The standard InChI is InChI=1S/C25H33N5O3.2BrH/c1-16(2)10-20(14-31)29-25(33)23(12-19-13-27-15-28-19)30-24(32)22(26)11-18-8-5-7-17-6-3-4-9-21(17)18;;/h3-9,13,15-16,20,22-23,31H,10-12,14,26H2,1-2H3,(H,27,28)(H,29,33)(H,30,32);2*1H/t20-,22+,23-;;/m0../s1. The third kappa shape index (κ3) is 9.03. The summed E-state index contributed by atoms with van der Waals surface area (Å²) in [5.74, 6) is -0.484. The molecule has 0 fully saturated rings. The normalized spacial score (nSPS) is 13.3. The average Bonchev–Trinajstić information content (AvgIpc) is 3.31. The molecular formula is C25H35Br2N5O3. The Hall–Kier alpha value is -2.27. The van der Waals surface area contributed by atoms with Gasteiger partial charge in [-0.1, -0.05) is 56.3 Å². The molecule has 2 aromatic carbocycles. The smallest absolute Gasteiger partial charge is 0.243 e. The van der Waals surface area contributed by atoms with Gasteiger partial charge in [-0.15, -0.1) is 34.0 Å². The second-order valence-corrected chi connectivity index (χ2v) is 8.79. The van der Waals surface area contributed by atoms with Crippen LogP contribution in [0.2, 0.25) is 0 Å². The second-order valence-electron chi connectivity index (χ2n) is 8.79. The quantitative estimate of drug-likeness (QED) is 0.227. The number of aromatic nitrogens is 2. The van der Waals surface area contributed by atoms with Gasteiger partial charge in [0.2, 0.25) is 11.8 Å². The fourth-order valence-corrected chi connectivity index (χ4v) is 3.95. The van der Waals surface area contributed by atoms with Crippen molar-refractivity contribution in [2.24, 2.45) is 11.7 Å². The molecule has 0 unspecified atom stereocenters. The van der Waals surface area contributed by atoms with Gasteiger partial charge in [-0.05, 0) is 35.1 Å². The van der Waals surface area contributed by atoms with E-state index in [0.717, 1.165) is 16.3 Å². The van der Waals surface area contributed by atoms with Crippen molar-refractivity contribution >= 4 is 56.5 Å². The van der Waals surface area contributed by atoms with Crippen LogP contribution >= 0.6 is 34.0 Å². The van der Waals surface area contributed by atoms with Crippen molar-refractivity contribution in [2.75, 3.05) is 6.61 Å². The van der Waals surface area contributed by atoms with Gasteiger partial charge in [0.15, 0.2) is 0 Å². The Balaban J connectivity index is 0.00000306. The van der Waals surface area contributed by atoms with Crippen LogP contribution in [0.4, 0.5) is 0 Å². The predicted molar refractivity (Wildman–Crippen MR) is 149 cm³/mol. The van der Waals surface area contributed by atoms with E-state index in [1.165, 1.54) is 6.33 Å². The number of benzene rings is 2. The van der Waals surface area contributed by atoms with Crippen LogP contribution in [0.25, 0.3) is 10.8 Å². The minimum absolute atomic E-state index is 0. The van der Waals surface area contributed by atoms with Gasteiger partial charge in [0.05, 0.1) is 30.7 Å². The Morgan fingerprint density at radius 3 is 2.40 bits per heavy atom. The summed E-state index contributed by atoms with van der Waals surface area (Å²) in [7, 11) is 0. The minimum atomic E-state index is -0.861. The Bertz CT molecular complexity index is 1060. The Morgan fingerprint density at radius 2 is 1.74 bits per heavy atom. The molecule has 0 aliphatic carbocycles. The van der Waals surface area contributed by atoms with Crippen LogP contribution in [-0.4, -0.2) is 51.6 Å². The molecule has 1 heterocycles. The molecule has 3 rings (SSSR count). The van der Waals surface area contributed by atoms with E-state index in [1.807, 2.05) is 56.3 Å². The molecule has 0 aliphatic heterocycles. The maximum absolute atomic E-state index is 13.0. The van der Waals surface area contributed by atoms with E-state index in [-0.39, 0.29) is 58.9 Å². The Labute approximate surface area is 227 Å². The lowest BCUT2D eigenvalue weighted by Crippen LogP contribution is -2.55. The zero-order valence-electron chi connectivity index (χ0n) is 19.9. The summed E-state index contributed by atoms with van der Waals surface area (Å²) >= 11 is 0. The van der Waals surface area contributed by atoms with Crippen LogP contribution in [0.3, 0.4) is 0 Å². The number of hydrogen-bond acceptors (Lipinski definition) is 5. The third-order valence-corrected chi connectivity index (χ3v) is 5.58. The maximum Gasteiger partial charge on any atom is 0.243 e. The number of halogens is 2. The molecule has 6 N–H and O–H groups in total. The lowest BCUT2D eigenvalue weighted by atomic mass is 9.98. The molecule has 0 radical (unpaired) electrons. The van der Waals surface area contributed by atoms with Gasteiger partial charge in [0.25, 0.3) is 0 Å². The molecular weight excluding hydrogens is 578 g/mol. The molecule has 1 aromatic heterocycles. The first-order chi connectivity index (χ1) is 15.9. The number of aliphatic hydroxyl groups is 1. The van der Waals surface area contributed by atoms with Gasteiger partial charge in [0, 0.05) is 12.6 Å². The molecule has 0 bridgehead atoms. The van der Waals surface area contributed by atoms with Crippen molar-refractivity contribution in [3.8, 4) is 0 Å². The molecule has 8 nitrogen and oxygen atoms in total. The first-order valence-electron chi connectivity index (χ1n) is 11.3. The number of imidazole rings is 1. The largest absolute Gasteiger partial charge is 0.394 e. The number of fused-ring (bicyclic) bond motifs is 1. The van der Waals surface area contributed by atoms with Crippen LogP contribution in [0, 0.1) is 5.92 Å². The molecule has 192 valence electrons. The van der Waals surface area contributed by atoms with Crippen molar-refractivity contribution in [1.82, 2.24) is 20.6 Å². The number of hydrogen-bond donors (Lipinski definition) is 5. The first kappa shape index (κ1) is 30.8. The van der Waals surface area contributed by atoms with Crippen LogP contribution in [-0.2, 0) is 22.4 Å². The van der Waals surface area contributed by atoms with Crippen LogP contribution in [0.1, 0.15) is 31.5 Å². The molecule has 3 aromatic rings.